The number of allylic oxidation sites excluding steroid dienone is 2. The van der Waals surface area contributed by atoms with E-state index in [0.29, 0.717) is 29.2 Å². The van der Waals surface area contributed by atoms with E-state index in [9.17, 15) is 13.2 Å². The topological polar surface area (TPSA) is 59.4 Å². The molecule has 1 aliphatic heterocycles. The zero-order chi connectivity index (χ0) is 19.1. The summed E-state index contributed by atoms with van der Waals surface area (Å²) in [6.07, 6.45) is 12.0. The smallest absolute Gasteiger partial charge is 0.248 e. The average Bonchev–Trinajstić information content (AvgIpc) is 3.08. The van der Waals surface area contributed by atoms with Gasteiger partial charge in [0.15, 0.2) is 6.29 Å². The third kappa shape index (κ3) is 2.92. The number of nitrogens with zero attached hydrogens (tertiary/aromatic N) is 2. The molecular weight excluding hydrogens is 360 g/mol. The number of carbonyl (C=O) groups is 1. The normalized spacial score (nSPS) is 23.4. The van der Waals surface area contributed by atoms with Gasteiger partial charge in [0, 0.05) is 35.9 Å². The van der Waals surface area contributed by atoms with Crippen LogP contribution in [-0.4, -0.2) is 41.4 Å². The van der Waals surface area contributed by atoms with Crippen LogP contribution in [0.2, 0.25) is 0 Å². The van der Waals surface area contributed by atoms with Crippen molar-refractivity contribution < 1.29 is 13.2 Å². The van der Waals surface area contributed by atoms with Gasteiger partial charge in [-0.15, -0.1) is 0 Å². The molecule has 0 bridgehead atoms. The molecule has 2 heterocycles. The maximum absolute atomic E-state index is 13.6. The van der Waals surface area contributed by atoms with Crippen LogP contribution in [0.25, 0.3) is 10.9 Å². The molecule has 1 fully saturated rings. The van der Waals surface area contributed by atoms with Gasteiger partial charge in [-0.3, -0.25) is 4.79 Å². The minimum atomic E-state index is -3.75. The number of likely N-dealkylation sites (tertiary alicyclic amines) is 1. The first-order valence-electron chi connectivity index (χ1n) is 9.41. The van der Waals surface area contributed by atoms with E-state index >= 15 is 0 Å². The van der Waals surface area contributed by atoms with Crippen molar-refractivity contribution in [2.24, 2.45) is 0 Å². The summed E-state index contributed by atoms with van der Waals surface area (Å²) in [5, 5.41) is 0.659. The molecule has 0 amide bonds. The second-order valence-electron chi connectivity index (χ2n) is 7.56. The molecule has 1 aromatic heterocycles. The van der Waals surface area contributed by atoms with E-state index in [-0.39, 0.29) is 0 Å². The number of benzene rings is 1. The van der Waals surface area contributed by atoms with Crippen LogP contribution in [0.1, 0.15) is 43.0 Å². The van der Waals surface area contributed by atoms with Gasteiger partial charge in [-0.25, -0.2) is 12.4 Å². The Bertz CT molecular complexity index is 1040. The van der Waals surface area contributed by atoms with Gasteiger partial charge in [0.2, 0.25) is 10.0 Å². The third-order valence-corrected chi connectivity index (χ3v) is 7.95. The molecule has 0 radical (unpaired) electrons. The average molecular weight is 385 g/mol. The number of fused-ring (bicyclic) bond motifs is 1. The maximum Gasteiger partial charge on any atom is 0.248 e. The molecule has 1 saturated heterocycles. The molecule has 27 heavy (non-hydrogen) atoms. The molecule has 2 aliphatic rings. The van der Waals surface area contributed by atoms with Gasteiger partial charge in [-0.2, -0.15) is 0 Å². The lowest BCUT2D eigenvalue weighted by atomic mass is 9.98. The Labute approximate surface area is 160 Å². The van der Waals surface area contributed by atoms with Crippen molar-refractivity contribution in [3.8, 4) is 0 Å². The Morgan fingerprint density at radius 3 is 2.59 bits per heavy atom. The summed E-state index contributed by atoms with van der Waals surface area (Å²) in [6.45, 7) is 3.70. The largest absolute Gasteiger partial charge is 0.372 e. The molecule has 0 N–H and O–H groups in total. The summed E-state index contributed by atoms with van der Waals surface area (Å²) in [5.41, 5.74) is 1.92. The highest BCUT2D eigenvalue weighted by atomic mass is 32.2. The molecule has 2 aromatic rings. The number of hydrogen-bond acceptors (Lipinski definition) is 4. The fourth-order valence-electron chi connectivity index (χ4n) is 4.05. The Kier molecular flexibility index (Phi) is 4.46. The van der Waals surface area contributed by atoms with Gasteiger partial charge in [-0.1, -0.05) is 24.3 Å². The van der Waals surface area contributed by atoms with Crippen molar-refractivity contribution in [2.75, 3.05) is 13.1 Å². The highest BCUT2D eigenvalue weighted by molar-refractivity contribution is 7.91. The lowest BCUT2D eigenvalue weighted by Crippen LogP contribution is -2.40. The van der Waals surface area contributed by atoms with E-state index in [1.54, 1.807) is 25.1 Å². The van der Waals surface area contributed by atoms with Gasteiger partial charge in [-0.05, 0) is 50.8 Å². The van der Waals surface area contributed by atoms with Crippen LogP contribution in [0, 0.1) is 0 Å². The first kappa shape index (κ1) is 18.0. The summed E-state index contributed by atoms with van der Waals surface area (Å²) in [6, 6.07) is 7.13. The Morgan fingerprint density at radius 2 is 1.85 bits per heavy atom. The van der Waals surface area contributed by atoms with E-state index in [0.717, 1.165) is 31.6 Å². The zero-order valence-corrected chi connectivity index (χ0v) is 16.3. The Morgan fingerprint density at radius 1 is 1.11 bits per heavy atom. The van der Waals surface area contributed by atoms with E-state index in [1.165, 1.54) is 16.6 Å². The van der Waals surface area contributed by atoms with Gasteiger partial charge >= 0.3 is 0 Å². The molecule has 0 spiro atoms. The number of hydrogen-bond donors (Lipinski definition) is 0. The molecule has 1 unspecified atom stereocenters. The summed E-state index contributed by atoms with van der Waals surface area (Å²) in [5.74, 6) is 0. The number of piperidine rings is 1. The number of aromatic nitrogens is 1. The molecule has 5 nitrogen and oxygen atoms in total. The highest BCUT2D eigenvalue weighted by Crippen LogP contribution is 2.35. The predicted octanol–water partition coefficient (Wildman–Crippen LogP) is 3.72. The molecule has 142 valence electrons. The second-order valence-corrected chi connectivity index (χ2v) is 9.83. The minimum absolute atomic E-state index is 0.393. The SMILES string of the molecule is CC1(S(=O)(=O)n2cc(C=O)c3ccccc32)C=C(N2CCCCC2)C=CC1. The quantitative estimate of drug-likeness (QED) is 0.754. The van der Waals surface area contributed by atoms with Crippen molar-refractivity contribution in [1.29, 1.82) is 0 Å². The minimum Gasteiger partial charge on any atom is -0.372 e. The summed E-state index contributed by atoms with van der Waals surface area (Å²) in [7, 11) is -3.75. The van der Waals surface area contributed by atoms with Gasteiger partial charge in [0.25, 0.3) is 0 Å². The molecule has 1 aliphatic carbocycles. The maximum atomic E-state index is 13.6. The van der Waals surface area contributed by atoms with E-state index in [2.05, 4.69) is 4.90 Å². The van der Waals surface area contributed by atoms with Crippen molar-refractivity contribution in [3.63, 3.8) is 0 Å². The monoisotopic (exact) mass is 384 g/mol. The first-order valence-corrected chi connectivity index (χ1v) is 10.8. The van der Waals surface area contributed by atoms with Crippen LogP contribution in [0.5, 0.6) is 0 Å². The molecule has 1 atom stereocenters. The second kappa shape index (κ2) is 6.68. The predicted molar refractivity (Wildman–Crippen MR) is 107 cm³/mol. The van der Waals surface area contributed by atoms with E-state index in [4.69, 9.17) is 0 Å². The lowest BCUT2D eigenvalue weighted by molar-refractivity contribution is 0.112. The Balaban J connectivity index is 1.81. The number of carbonyl (C=O) groups excluding carboxylic acids is 1. The zero-order valence-electron chi connectivity index (χ0n) is 15.5. The van der Waals surface area contributed by atoms with Crippen molar-refractivity contribution in [2.45, 2.75) is 37.4 Å². The van der Waals surface area contributed by atoms with Crippen molar-refractivity contribution in [3.05, 3.63) is 60.0 Å². The van der Waals surface area contributed by atoms with Gasteiger partial charge in [0.05, 0.1) is 5.52 Å². The first-order chi connectivity index (χ1) is 13.0. The highest BCUT2D eigenvalue weighted by Gasteiger charge is 2.40. The lowest BCUT2D eigenvalue weighted by Gasteiger charge is -2.35. The van der Waals surface area contributed by atoms with E-state index in [1.807, 2.05) is 24.3 Å². The summed E-state index contributed by atoms with van der Waals surface area (Å²) in [4.78, 5) is 13.7. The van der Waals surface area contributed by atoms with E-state index < -0.39 is 14.8 Å². The molecular formula is C21H24N2O3S. The van der Waals surface area contributed by atoms with Crippen LogP contribution in [0.15, 0.2) is 54.4 Å². The van der Waals surface area contributed by atoms with Crippen LogP contribution < -0.4 is 0 Å². The molecule has 0 saturated carbocycles. The van der Waals surface area contributed by atoms with Crippen LogP contribution >= 0.6 is 0 Å². The number of aldehydes is 1. The van der Waals surface area contributed by atoms with Crippen molar-refractivity contribution >= 4 is 27.2 Å². The van der Waals surface area contributed by atoms with Crippen LogP contribution in [0.4, 0.5) is 0 Å². The third-order valence-electron chi connectivity index (χ3n) is 5.67. The van der Waals surface area contributed by atoms with Crippen LogP contribution in [0.3, 0.4) is 0 Å². The molecule has 4 rings (SSSR count). The fourth-order valence-corrected chi connectivity index (χ4v) is 5.75. The number of rotatable bonds is 4. The van der Waals surface area contributed by atoms with Crippen molar-refractivity contribution in [1.82, 2.24) is 8.87 Å². The van der Waals surface area contributed by atoms with Gasteiger partial charge in [0.1, 0.15) is 4.75 Å². The molecule has 1 aromatic carbocycles. The Hall–Kier alpha value is -2.34. The number of para-hydroxylation sites is 1. The van der Waals surface area contributed by atoms with Gasteiger partial charge < -0.3 is 4.90 Å². The summed E-state index contributed by atoms with van der Waals surface area (Å²) < 4.78 is 27.5. The fraction of sp³-hybridized carbons (Fsp3) is 0.381. The van der Waals surface area contributed by atoms with Crippen LogP contribution in [-0.2, 0) is 10.0 Å². The molecule has 6 heteroatoms. The standard InChI is InChI=1S/C21H24N2O3S/c1-21(11-7-8-18(14-21)22-12-5-2-6-13-22)27(25,26)23-15-17(16-24)19-9-3-4-10-20(19)23/h3-4,7-10,14-16H,2,5-6,11-13H2,1H3. The summed E-state index contributed by atoms with van der Waals surface area (Å²) >= 11 is 0.